The second-order valence-corrected chi connectivity index (χ2v) is 8.95. The van der Waals surface area contributed by atoms with Gasteiger partial charge in [-0.05, 0) is 57.8 Å². The Kier molecular flexibility index (Phi) is 4.36. The standard InChI is InChI=1S/C14H27N3O2S/c15-13-10-20(18,19)11-14(13)17-7-3-12(4-8-17)9-16-5-1-2-6-16/h12-14H,1-11,15H2. The van der Waals surface area contributed by atoms with Crippen molar-refractivity contribution < 1.29 is 8.42 Å². The summed E-state index contributed by atoms with van der Waals surface area (Å²) in [6.45, 7) is 5.82. The maximum absolute atomic E-state index is 11.7. The summed E-state index contributed by atoms with van der Waals surface area (Å²) in [4.78, 5) is 4.92. The van der Waals surface area contributed by atoms with Crippen LogP contribution >= 0.6 is 0 Å². The summed E-state index contributed by atoms with van der Waals surface area (Å²) in [6, 6.07) is -0.122. The largest absolute Gasteiger partial charge is 0.325 e. The quantitative estimate of drug-likeness (QED) is 0.790. The van der Waals surface area contributed by atoms with Crippen LogP contribution in [0.3, 0.4) is 0 Å². The number of nitrogens with zero attached hydrogens (tertiary/aromatic N) is 2. The minimum absolute atomic E-state index is 0.0627. The highest BCUT2D eigenvalue weighted by Gasteiger charge is 2.39. The molecule has 116 valence electrons. The molecule has 0 spiro atoms. The molecule has 0 amide bonds. The Morgan fingerprint density at radius 3 is 2.20 bits per heavy atom. The molecule has 2 unspecified atom stereocenters. The Hall–Kier alpha value is -0.170. The minimum Gasteiger partial charge on any atom is -0.325 e. The maximum atomic E-state index is 11.7. The summed E-state index contributed by atoms with van der Waals surface area (Å²) >= 11 is 0. The molecule has 0 aromatic carbocycles. The van der Waals surface area contributed by atoms with Crippen molar-refractivity contribution in [3.63, 3.8) is 0 Å². The van der Waals surface area contributed by atoms with Crippen molar-refractivity contribution in [1.29, 1.82) is 0 Å². The van der Waals surface area contributed by atoms with E-state index in [4.69, 9.17) is 5.73 Å². The highest BCUT2D eigenvalue weighted by molar-refractivity contribution is 7.91. The van der Waals surface area contributed by atoms with E-state index in [1.54, 1.807) is 0 Å². The summed E-state index contributed by atoms with van der Waals surface area (Å²) < 4.78 is 23.4. The molecule has 0 bridgehead atoms. The van der Waals surface area contributed by atoms with Crippen LogP contribution in [0.15, 0.2) is 0 Å². The van der Waals surface area contributed by atoms with Crippen LogP contribution in [0.2, 0.25) is 0 Å². The predicted molar refractivity (Wildman–Crippen MR) is 80.4 cm³/mol. The third-order valence-electron chi connectivity index (χ3n) is 5.20. The van der Waals surface area contributed by atoms with Crippen molar-refractivity contribution in [1.82, 2.24) is 9.80 Å². The number of likely N-dealkylation sites (tertiary alicyclic amines) is 2. The zero-order valence-electron chi connectivity index (χ0n) is 12.2. The van der Waals surface area contributed by atoms with Gasteiger partial charge in [0, 0.05) is 18.6 Å². The fraction of sp³-hybridized carbons (Fsp3) is 1.00. The molecule has 20 heavy (non-hydrogen) atoms. The minimum atomic E-state index is -2.90. The van der Waals surface area contributed by atoms with Crippen molar-refractivity contribution in [3.05, 3.63) is 0 Å². The average molecular weight is 301 g/mol. The maximum Gasteiger partial charge on any atom is 0.153 e. The van der Waals surface area contributed by atoms with Crippen LogP contribution in [0.25, 0.3) is 0 Å². The molecule has 0 aromatic rings. The summed E-state index contributed by atoms with van der Waals surface area (Å²) in [6.07, 6.45) is 5.10. The highest BCUT2D eigenvalue weighted by Crippen LogP contribution is 2.25. The number of sulfone groups is 1. The van der Waals surface area contributed by atoms with E-state index in [9.17, 15) is 8.42 Å². The van der Waals surface area contributed by atoms with E-state index in [-0.39, 0.29) is 23.6 Å². The lowest BCUT2D eigenvalue weighted by Gasteiger charge is -2.38. The number of nitrogens with two attached hydrogens (primary N) is 1. The Bertz CT molecular complexity index is 426. The van der Waals surface area contributed by atoms with Gasteiger partial charge in [-0.1, -0.05) is 0 Å². The third-order valence-corrected chi connectivity index (χ3v) is 6.94. The van der Waals surface area contributed by atoms with Gasteiger partial charge in [0.05, 0.1) is 11.5 Å². The van der Waals surface area contributed by atoms with Gasteiger partial charge in [-0.15, -0.1) is 0 Å². The van der Waals surface area contributed by atoms with Gasteiger partial charge in [-0.3, -0.25) is 4.90 Å². The van der Waals surface area contributed by atoms with E-state index in [0.29, 0.717) is 0 Å². The van der Waals surface area contributed by atoms with Gasteiger partial charge in [-0.25, -0.2) is 8.42 Å². The zero-order valence-corrected chi connectivity index (χ0v) is 13.0. The van der Waals surface area contributed by atoms with Crippen molar-refractivity contribution in [3.8, 4) is 0 Å². The summed E-state index contributed by atoms with van der Waals surface area (Å²) in [7, 11) is -2.90. The van der Waals surface area contributed by atoms with Crippen LogP contribution in [0, 0.1) is 5.92 Å². The predicted octanol–water partition coefficient (Wildman–Crippen LogP) is -0.0815. The number of piperidine rings is 1. The highest BCUT2D eigenvalue weighted by atomic mass is 32.2. The molecule has 0 aromatic heterocycles. The first-order valence-corrected chi connectivity index (χ1v) is 9.78. The van der Waals surface area contributed by atoms with Crippen molar-refractivity contribution in [2.45, 2.75) is 37.8 Å². The summed E-state index contributed by atoms with van der Waals surface area (Å²) in [5.74, 6) is 1.23. The lowest BCUT2D eigenvalue weighted by molar-refractivity contribution is 0.117. The molecule has 0 aliphatic carbocycles. The summed E-state index contributed by atoms with van der Waals surface area (Å²) in [5, 5.41) is 0. The van der Waals surface area contributed by atoms with E-state index in [0.717, 1.165) is 19.0 Å². The Morgan fingerprint density at radius 2 is 1.65 bits per heavy atom. The van der Waals surface area contributed by atoms with Gasteiger partial charge in [0.25, 0.3) is 0 Å². The number of rotatable bonds is 3. The van der Waals surface area contributed by atoms with Crippen LogP contribution in [-0.4, -0.2) is 74.5 Å². The van der Waals surface area contributed by atoms with Crippen molar-refractivity contribution in [2.75, 3.05) is 44.2 Å². The van der Waals surface area contributed by atoms with E-state index >= 15 is 0 Å². The molecule has 2 atom stereocenters. The number of hydrogen-bond acceptors (Lipinski definition) is 5. The molecule has 6 heteroatoms. The SMILES string of the molecule is NC1CS(=O)(=O)CC1N1CCC(CN2CCCC2)CC1. The van der Waals surface area contributed by atoms with Gasteiger partial charge in [-0.2, -0.15) is 0 Å². The van der Waals surface area contributed by atoms with E-state index in [2.05, 4.69) is 9.80 Å². The molecule has 3 fully saturated rings. The smallest absolute Gasteiger partial charge is 0.153 e. The Morgan fingerprint density at radius 1 is 1.00 bits per heavy atom. The van der Waals surface area contributed by atoms with Crippen molar-refractivity contribution >= 4 is 9.84 Å². The van der Waals surface area contributed by atoms with Crippen LogP contribution in [0.1, 0.15) is 25.7 Å². The molecule has 2 N–H and O–H groups in total. The van der Waals surface area contributed by atoms with Gasteiger partial charge >= 0.3 is 0 Å². The Balaban J connectivity index is 1.48. The van der Waals surface area contributed by atoms with E-state index < -0.39 is 9.84 Å². The first-order chi connectivity index (χ1) is 9.53. The third kappa shape index (κ3) is 3.35. The second-order valence-electron chi connectivity index (χ2n) is 6.80. The molecule has 0 saturated carbocycles. The van der Waals surface area contributed by atoms with Crippen LogP contribution in [-0.2, 0) is 9.84 Å². The fourth-order valence-electron chi connectivity index (χ4n) is 4.03. The topological polar surface area (TPSA) is 66.6 Å². The summed E-state index contributed by atoms with van der Waals surface area (Å²) in [5.41, 5.74) is 6.02. The van der Waals surface area contributed by atoms with Gasteiger partial charge in [0.1, 0.15) is 0 Å². The normalized spacial score (nSPS) is 36.6. The van der Waals surface area contributed by atoms with Gasteiger partial charge in [0.2, 0.25) is 0 Å². The fourth-order valence-corrected chi connectivity index (χ4v) is 5.95. The van der Waals surface area contributed by atoms with Crippen LogP contribution in [0.4, 0.5) is 0 Å². The molecule has 3 heterocycles. The molecular formula is C14H27N3O2S. The number of hydrogen-bond donors (Lipinski definition) is 1. The molecule has 0 radical (unpaired) electrons. The molecule has 5 nitrogen and oxygen atoms in total. The molecule has 3 rings (SSSR count). The molecule has 3 saturated heterocycles. The molecular weight excluding hydrogens is 274 g/mol. The van der Waals surface area contributed by atoms with E-state index in [1.807, 2.05) is 0 Å². The van der Waals surface area contributed by atoms with Crippen LogP contribution < -0.4 is 5.73 Å². The Labute approximate surface area is 122 Å². The first-order valence-electron chi connectivity index (χ1n) is 7.96. The van der Waals surface area contributed by atoms with E-state index in [1.165, 1.54) is 45.3 Å². The lowest BCUT2D eigenvalue weighted by Crippen LogP contribution is -2.50. The average Bonchev–Trinajstić information content (AvgIpc) is 2.98. The first kappa shape index (κ1) is 14.8. The van der Waals surface area contributed by atoms with Gasteiger partial charge < -0.3 is 10.6 Å². The zero-order chi connectivity index (χ0) is 14.2. The molecule has 3 aliphatic heterocycles. The van der Waals surface area contributed by atoms with Gasteiger partial charge in [0.15, 0.2) is 9.84 Å². The lowest BCUT2D eigenvalue weighted by atomic mass is 9.94. The van der Waals surface area contributed by atoms with Crippen molar-refractivity contribution in [2.24, 2.45) is 11.7 Å². The second kappa shape index (κ2) is 5.91. The monoisotopic (exact) mass is 301 g/mol. The van der Waals surface area contributed by atoms with Crippen LogP contribution in [0.5, 0.6) is 0 Å². The molecule has 3 aliphatic rings.